The van der Waals surface area contributed by atoms with Crippen LogP contribution in [-0.4, -0.2) is 31.8 Å². The van der Waals surface area contributed by atoms with Crippen LogP contribution in [0.15, 0.2) is 18.2 Å². The maximum Gasteiger partial charge on any atom is 0.338 e. The molecule has 0 radical (unpaired) electrons. The third kappa shape index (κ3) is 3.19. The van der Waals surface area contributed by atoms with Gasteiger partial charge < -0.3 is 14.8 Å². The van der Waals surface area contributed by atoms with Gasteiger partial charge in [0, 0.05) is 13.2 Å². The lowest BCUT2D eigenvalue weighted by molar-refractivity contribution is -0.0300. The van der Waals surface area contributed by atoms with Crippen LogP contribution in [0.3, 0.4) is 0 Å². The highest BCUT2D eigenvalue weighted by molar-refractivity contribution is 5.89. The van der Waals surface area contributed by atoms with Crippen LogP contribution in [0.25, 0.3) is 0 Å². The molecule has 108 valence electrons. The Kier molecular flexibility index (Phi) is 4.33. The summed E-state index contributed by atoms with van der Waals surface area (Å²) >= 11 is 0. The van der Waals surface area contributed by atoms with E-state index < -0.39 is 0 Å². The van der Waals surface area contributed by atoms with Gasteiger partial charge in [0.1, 0.15) is 6.61 Å². The van der Waals surface area contributed by atoms with Crippen LogP contribution < -0.4 is 5.32 Å². The van der Waals surface area contributed by atoms with E-state index in [2.05, 4.69) is 5.32 Å². The molecule has 1 aromatic rings. The molecular formula is C16H21NO3. The number of rotatable bonds is 3. The molecule has 1 N–H and O–H groups in total. The second-order valence-electron chi connectivity index (χ2n) is 5.50. The van der Waals surface area contributed by atoms with Crippen molar-refractivity contribution in [3.8, 4) is 0 Å². The largest absolute Gasteiger partial charge is 0.459 e. The van der Waals surface area contributed by atoms with Crippen molar-refractivity contribution in [2.75, 3.05) is 19.8 Å². The van der Waals surface area contributed by atoms with Crippen molar-refractivity contribution in [3.63, 3.8) is 0 Å². The highest BCUT2D eigenvalue weighted by Gasteiger charge is 2.18. The summed E-state index contributed by atoms with van der Waals surface area (Å²) < 4.78 is 10.9. The number of hydrogen-bond donors (Lipinski definition) is 1. The van der Waals surface area contributed by atoms with E-state index in [0.717, 1.165) is 45.4 Å². The van der Waals surface area contributed by atoms with Gasteiger partial charge in [-0.15, -0.1) is 0 Å². The zero-order valence-electron chi connectivity index (χ0n) is 11.7. The molecule has 1 saturated heterocycles. The minimum Gasteiger partial charge on any atom is -0.459 e. The van der Waals surface area contributed by atoms with E-state index >= 15 is 0 Å². The highest BCUT2D eigenvalue weighted by Crippen LogP contribution is 2.17. The van der Waals surface area contributed by atoms with Crippen molar-refractivity contribution < 1.29 is 14.3 Å². The van der Waals surface area contributed by atoms with Gasteiger partial charge in [0.05, 0.1) is 11.7 Å². The van der Waals surface area contributed by atoms with Gasteiger partial charge in [-0.25, -0.2) is 4.79 Å². The Hall–Kier alpha value is -1.39. The predicted octanol–water partition coefficient (Wildman–Crippen LogP) is 2.06. The molecule has 0 spiro atoms. The average molecular weight is 275 g/mol. The third-order valence-electron chi connectivity index (χ3n) is 4.00. The number of hydrogen-bond acceptors (Lipinski definition) is 4. The van der Waals surface area contributed by atoms with Gasteiger partial charge in [-0.3, -0.25) is 0 Å². The van der Waals surface area contributed by atoms with Gasteiger partial charge in [-0.1, -0.05) is 6.07 Å². The Labute approximate surface area is 119 Å². The van der Waals surface area contributed by atoms with Gasteiger partial charge in [0.15, 0.2) is 0 Å². The topological polar surface area (TPSA) is 47.6 Å². The zero-order valence-corrected chi connectivity index (χ0v) is 11.7. The summed E-state index contributed by atoms with van der Waals surface area (Å²) in [4.78, 5) is 12.1. The van der Waals surface area contributed by atoms with E-state index in [1.165, 1.54) is 11.1 Å². The van der Waals surface area contributed by atoms with Crippen LogP contribution in [0.1, 0.15) is 40.7 Å². The van der Waals surface area contributed by atoms with E-state index in [4.69, 9.17) is 9.47 Å². The lowest BCUT2D eigenvalue weighted by atomic mass is 9.99. The fourth-order valence-electron chi connectivity index (χ4n) is 2.80. The van der Waals surface area contributed by atoms with E-state index in [0.29, 0.717) is 12.2 Å². The summed E-state index contributed by atoms with van der Waals surface area (Å²) in [7, 11) is 0. The summed E-state index contributed by atoms with van der Waals surface area (Å²) in [6.07, 6.45) is 4.36. The first kappa shape index (κ1) is 13.6. The van der Waals surface area contributed by atoms with Crippen molar-refractivity contribution in [3.05, 3.63) is 34.9 Å². The standard InChI is InChI=1S/C16H21NO3/c18-16(20-11-15-3-1-2-8-19-15)13-5-4-12-6-7-17-10-14(12)9-13/h4-5,9,15,17H,1-3,6-8,10-11H2. The molecule has 0 aliphatic carbocycles. The Morgan fingerprint density at radius 1 is 1.35 bits per heavy atom. The zero-order chi connectivity index (χ0) is 13.8. The Bertz CT molecular complexity index is 481. The maximum atomic E-state index is 12.1. The van der Waals surface area contributed by atoms with Gasteiger partial charge in [0.2, 0.25) is 0 Å². The second kappa shape index (κ2) is 6.37. The van der Waals surface area contributed by atoms with Crippen LogP contribution in [0.5, 0.6) is 0 Å². The molecule has 4 nitrogen and oxygen atoms in total. The number of ether oxygens (including phenoxy) is 2. The molecule has 0 bridgehead atoms. The van der Waals surface area contributed by atoms with Crippen LogP contribution >= 0.6 is 0 Å². The Morgan fingerprint density at radius 2 is 2.30 bits per heavy atom. The molecule has 1 aromatic carbocycles. The van der Waals surface area contributed by atoms with Gasteiger partial charge in [0.25, 0.3) is 0 Å². The molecule has 0 saturated carbocycles. The first-order valence-electron chi connectivity index (χ1n) is 7.44. The lowest BCUT2D eigenvalue weighted by Crippen LogP contribution is -2.26. The van der Waals surface area contributed by atoms with Crippen molar-refractivity contribution in [1.29, 1.82) is 0 Å². The molecule has 0 aromatic heterocycles. The molecule has 4 heteroatoms. The fourth-order valence-corrected chi connectivity index (χ4v) is 2.80. The van der Waals surface area contributed by atoms with E-state index in [1.54, 1.807) is 0 Å². The molecule has 3 rings (SSSR count). The lowest BCUT2D eigenvalue weighted by Gasteiger charge is -2.22. The van der Waals surface area contributed by atoms with Crippen LogP contribution in [0.2, 0.25) is 0 Å². The normalized spacial score (nSPS) is 22.1. The van der Waals surface area contributed by atoms with Crippen LogP contribution in [-0.2, 0) is 22.4 Å². The molecule has 2 aliphatic rings. The number of carbonyl (C=O) groups is 1. The second-order valence-corrected chi connectivity index (χ2v) is 5.50. The Balaban J connectivity index is 1.59. The fraction of sp³-hybridized carbons (Fsp3) is 0.562. The maximum absolute atomic E-state index is 12.1. The SMILES string of the molecule is O=C(OCC1CCCCO1)c1ccc2c(c1)CNCC2. The molecule has 20 heavy (non-hydrogen) atoms. The van der Waals surface area contributed by atoms with Gasteiger partial charge in [-0.2, -0.15) is 0 Å². The Morgan fingerprint density at radius 3 is 3.15 bits per heavy atom. The molecule has 0 amide bonds. The minimum absolute atomic E-state index is 0.0759. The van der Waals surface area contributed by atoms with Crippen LogP contribution in [0, 0.1) is 0 Å². The number of nitrogens with one attached hydrogen (secondary N) is 1. The average Bonchev–Trinajstić information content (AvgIpc) is 2.53. The van der Waals surface area contributed by atoms with Crippen LogP contribution in [0.4, 0.5) is 0 Å². The number of esters is 1. The van der Waals surface area contributed by atoms with Gasteiger partial charge >= 0.3 is 5.97 Å². The number of benzene rings is 1. The molecule has 1 fully saturated rings. The van der Waals surface area contributed by atoms with Crippen molar-refractivity contribution >= 4 is 5.97 Å². The highest BCUT2D eigenvalue weighted by atomic mass is 16.6. The summed E-state index contributed by atoms with van der Waals surface area (Å²) in [5.41, 5.74) is 3.18. The van der Waals surface area contributed by atoms with E-state index in [9.17, 15) is 4.79 Å². The summed E-state index contributed by atoms with van der Waals surface area (Å²) in [5.74, 6) is -0.243. The predicted molar refractivity (Wildman–Crippen MR) is 75.7 cm³/mol. The summed E-state index contributed by atoms with van der Waals surface area (Å²) in [5, 5.41) is 3.32. The quantitative estimate of drug-likeness (QED) is 0.858. The third-order valence-corrected chi connectivity index (χ3v) is 4.00. The first-order valence-corrected chi connectivity index (χ1v) is 7.44. The van der Waals surface area contributed by atoms with E-state index in [-0.39, 0.29) is 12.1 Å². The molecule has 2 heterocycles. The van der Waals surface area contributed by atoms with Gasteiger partial charge in [-0.05, 0) is 55.5 Å². The van der Waals surface area contributed by atoms with E-state index in [1.807, 2.05) is 18.2 Å². The molecular weight excluding hydrogens is 254 g/mol. The number of carbonyl (C=O) groups excluding carboxylic acids is 1. The van der Waals surface area contributed by atoms with Crippen molar-refractivity contribution in [1.82, 2.24) is 5.32 Å². The summed E-state index contributed by atoms with van der Waals surface area (Å²) in [6, 6.07) is 5.86. The number of fused-ring (bicyclic) bond motifs is 1. The van der Waals surface area contributed by atoms with Crippen molar-refractivity contribution in [2.45, 2.75) is 38.3 Å². The van der Waals surface area contributed by atoms with Crippen molar-refractivity contribution in [2.24, 2.45) is 0 Å². The smallest absolute Gasteiger partial charge is 0.338 e. The molecule has 1 atom stereocenters. The monoisotopic (exact) mass is 275 g/mol. The minimum atomic E-state index is -0.243. The summed E-state index contributed by atoms with van der Waals surface area (Å²) in [6.45, 7) is 3.00. The molecule has 1 unspecified atom stereocenters. The first-order chi connectivity index (χ1) is 9.83. The molecule has 2 aliphatic heterocycles.